The summed E-state index contributed by atoms with van der Waals surface area (Å²) in [5.41, 5.74) is 2.22. The second-order valence-corrected chi connectivity index (χ2v) is 14.5. The minimum Gasteiger partial charge on any atom is -0.508 e. The molecule has 2 atom stereocenters. The van der Waals surface area contributed by atoms with Crippen LogP contribution in [0.4, 0.5) is 10.5 Å². The lowest BCUT2D eigenvalue weighted by Crippen LogP contribution is -2.56. The van der Waals surface area contributed by atoms with Gasteiger partial charge in [-0.2, -0.15) is 0 Å². The fourth-order valence-electron chi connectivity index (χ4n) is 7.52. The Morgan fingerprint density at radius 2 is 1.81 bits per heavy atom. The molecule has 2 fully saturated rings. The number of aromatic hydroxyl groups is 1. The standard InChI is InChI=1S/C37H54N6O4/c1-9-12-32(41-21-22-43(26(3)25-41)35(46)47-36(4,5)6)33-38-31-24-28(15-16-30(31)34(45)42(33)10-2)40-19-17-37(18-20-40,39(7)8)27-13-11-14-29(44)23-27/h11,13-16,23-24,26,32,44H,9-10,12,17-22,25H2,1-8H3. The molecule has 1 N–H and O–H groups in total. The van der Waals surface area contributed by atoms with Crippen molar-refractivity contribution >= 4 is 22.7 Å². The maximum atomic E-state index is 13.9. The summed E-state index contributed by atoms with van der Waals surface area (Å²) in [5, 5.41) is 10.8. The van der Waals surface area contributed by atoms with Crippen LogP contribution in [0.1, 0.15) is 84.7 Å². The molecule has 2 saturated heterocycles. The van der Waals surface area contributed by atoms with E-state index in [0.717, 1.165) is 61.4 Å². The lowest BCUT2D eigenvalue weighted by molar-refractivity contribution is -0.00621. The number of anilines is 1. The number of fused-ring (bicyclic) bond motifs is 1. The number of ether oxygens (including phenoxy) is 1. The zero-order valence-corrected chi connectivity index (χ0v) is 29.6. The molecule has 3 heterocycles. The number of phenolic OH excluding ortho intramolecular Hbond substituents is 1. The molecule has 0 saturated carbocycles. The third-order valence-electron chi connectivity index (χ3n) is 10.1. The first kappa shape index (κ1) is 34.7. The zero-order valence-electron chi connectivity index (χ0n) is 29.6. The number of carbonyl (C=O) groups is 1. The Bertz CT molecular complexity index is 1620. The number of rotatable bonds is 8. The van der Waals surface area contributed by atoms with Crippen LogP contribution in [0.25, 0.3) is 10.9 Å². The first-order valence-corrected chi connectivity index (χ1v) is 17.3. The molecule has 10 heteroatoms. The van der Waals surface area contributed by atoms with Crippen molar-refractivity contribution in [2.24, 2.45) is 0 Å². The van der Waals surface area contributed by atoms with E-state index in [9.17, 15) is 14.7 Å². The number of benzene rings is 2. The number of nitrogens with zero attached hydrogens (tertiary/aromatic N) is 6. The number of phenols is 1. The van der Waals surface area contributed by atoms with Gasteiger partial charge in [-0.3, -0.25) is 19.2 Å². The minimum absolute atomic E-state index is 0.00486. The quantitative estimate of drug-likeness (QED) is 0.321. The van der Waals surface area contributed by atoms with Gasteiger partial charge in [-0.1, -0.05) is 25.5 Å². The summed E-state index contributed by atoms with van der Waals surface area (Å²) >= 11 is 0. The van der Waals surface area contributed by atoms with E-state index >= 15 is 0 Å². The Labute approximate surface area is 279 Å². The van der Waals surface area contributed by atoms with E-state index in [4.69, 9.17) is 9.72 Å². The van der Waals surface area contributed by atoms with Crippen LogP contribution in [0.2, 0.25) is 0 Å². The topological polar surface area (TPSA) is 94.4 Å². The first-order valence-electron chi connectivity index (χ1n) is 17.3. The van der Waals surface area contributed by atoms with Crippen LogP contribution < -0.4 is 10.5 Å². The third kappa shape index (κ3) is 7.14. The van der Waals surface area contributed by atoms with E-state index < -0.39 is 5.60 Å². The number of carbonyl (C=O) groups excluding carboxylic acids is 1. The molecule has 2 unspecified atom stereocenters. The van der Waals surface area contributed by atoms with Crippen LogP contribution in [-0.2, 0) is 16.8 Å². The molecule has 2 aliphatic heterocycles. The number of amides is 1. The van der Waals surface area contributed by atoms with E-state index in [2.05, 4.69) is 60.8 Å². The van der Waals surface area contributed by atoms with Crippen molar-refractivity contribution in [3.8, 4) is 5.75 Å². The van der Waals surface area contributed by atoms with Crippen molar-refractivity contribution in [2.75, 3.05) is 51.7 Å². The van der Waals surface area contributed by atoms with E-state index in [1.165, 1.54) is 0 Å². The summed E-state index contributed by atoms with van der Waals surface area (Å²) in [7, 11) is 4.23. The molecular weight excluding hydrogens is 592 g/mol. The number of hydrogen-bond donors (Lipinski definition) is 1. The van der Waals surface area contributed by atoms with Crippen LogP contribution >= 0.6 is 0 Å². The van der Waals surface area contributed by atoms with Crippen molar-refractivity contribution in [1.82, 2.24) is 24.3 Å². The second kappa shape index (κ2) is 13.8. The number of piperidine rings is 1. The molecule has 256 valence electrons. The maximum Gasteiger partial charge on any atom is 0.410 e. The van der Waals surface area contributed by atoms with Crippen molar-refractivity contribution in [2.45, 2.75) is 97.0 Å². The van der Waals surface area contributed by atoms with Gasteiger partial charge in [0.05, 0.1) is 16.9 Å². The summed E-state index contributed by atoms with van der Waals surface area (Å²) in [6.07, 6.45) is 3.35. The number of piperazine rings is 1. The normalized spacial score (nSPS) is 19.7. The van der Waals surface area contributed by atoms with Crippen LogP contribution in [-0.4, -0.2) is 93.9 Å². The predicted molar refractivity (Wildman–Crippen MR) is 188 cm³/mol. The molecule has 0 bridgehead atoms. The molecule has 2 aliphatic rings. The highest BCUT2D eigenvalue weighted by atomic mass is 16.6. The fourth-order valence-corrected chi connectivity index (χ4v) is 7.52. The Kier molecular flexibility index (Phi) is 10.2. The largest absolute Gasteiger partial charge is 0.508 e. The third-order valence-corrected chi connectivity index (χ3v) is 10.1. The first-order chi connectivity index (χ1) is 22.3. The highest BCUT2D eigenvalue weighted by molar-refractivity contribution is 5.82. The van der Waals surface area contributed by atoms with Crippen LogP contribution in [0.15, 0.2) is 47.3 Å². The van der Waals surface area contributed by atoms with Crippen molar-refractivity contribution in [3.63, 3.8) is 0 Å². The van der Waals surface area contributed by atoms with Gasteiger partial charge >= 0.3 is 6.09 Å². The molecule has 47 heavy (non-hydrogen) atoms. The molecule has 0 radical (unpaired) electrons. The summed E-state index contributed by atoms with van der Waals surface area (Å²) in [4.78, 5) is 41.0. The summed E-state index contributed by atoms with van der Waals surface area (Å²) in [5.74, 6) is 1.09. The van der Waals surface area contributed by atoms with E-state index in [1.54, 1.807) is 6.07 Å². The summed E-state index contributed by atoms with van der Waals surface area (Å²) in [6.45, 7) is 16.1. The highest BCUT2D eigenvalue weighted by Gasteiger charge is 2.39. The van der Waals surface area contributed by atoms with Gasteiger partial charge < -0.3 is 19.6 Å². The minimum atomic E-state index is -0.542. The maximum absolute atomic E-state index is 13.9. The molecule has 2 aromatic carbocycles. The fraction of sp³-hybridized carbons (Fsp3) is 0.595. The van der Waals surface area contributed by atoms with Crippen LogP contribution in [0.3, 0.4) is 0 Å². The Morgan fingerprint density at radius 3 is 2.40 bits per heavy atom. The predicted octanol–water partition coefficient (Wildman–Crippen LogP) is 5.96. The SMILES string of the molecule is CCCC(c1nc2cc(N3CCC(c4cccc(O)c4)(N(C)C)CC3)ccc2c(=O)n1CC)N1CCN(C(=O)OC(C)(C)C)C(C)C1. The van der Waals surface area contributed by atoms with E-state index in [1.807, 2.05) is 55.4 Å². The van der Waals surface area contributed by atoms with Gasteiger partial charge in [0.15, 0.2) is 0 Å². The van der Waals surface area contributed by atoms with Gasteiger partial charge in [0, 0.05) is 56.5 Å². The monoisotopic (exact) mass is 646 g/mol. The zero-order chi connectivity index (χ0) is 34.1. The summed E-state index contributed by atoms with van der Waals surface area (Å²) in [6, 6.07) is 13.7. The smallest absolute Gasteiger partial charge is 0.410 e. The average Bonchev–Trinajstić information content (AvgIpc) is 3.02. The number of aromatic nitrogens is 2. The molecule has 1 amide bonds. The molecular formula is C37H54N6O4. The van der Waals surface area contributed by atoms with E-state index in [0.29, 0.717) is 37.3 Å². The molecule has 0 aliphatic carbocycles. The van der Waals surface area contributed by atoms with Crippen molar-refractivity contribution in [3.05, 3.63) is 64.2 Å². The molecule has 10 nitrogen and oxygen atoms in total. The van der Waals surface area contributed by atoms with E-state index in [-0.39, 0.29) is 29.3 Å². The lowest BCUT2D eigenvalue weighted by atomic mass is 9.79. The van der Waals surface area contributed by atoms with Gasteiger partial charge in [-0.15, -0.1) is 0 Å². The Hall–Kier alpha value is -3.63. The Balaban J connectivity index is 1.42. The molecule has 0 spiro atoms. The van der Waals surface area contributed by atoms with Gasteiger partial charge in [-0.05, 0) is 104 Å². The van der Waals surface area contributed by atoms with Gasteiger partial charge in [-0.25, -0.2) is 9.78 Å². The Morgan fingerprint density at radius 1 is 1.09 bits per heavy atom. The molecule has 1 aromatic heterocycles. The van der Waals surface area contributed by atoms with Crippen molar-refractivity contribution < 1.29 is 14.6 Å². The van der Waals surface area contributed by atoms with Crippen molar-refractivity contribution in [1.29, 1.82) is 0 Å². The summed E-state index contributed by atoms with van der Waals surface area (Å²) < 4.78 is 7.52. The van der Waals surface area contributed by atoms with Crippen LogP contribution in [0.5, 0.6) is 5.75 Å². The van der Waals surface area contributed by atoms with Gasteiger partial charge in [0.1, 0.15) is 17.2 Å². The number of hydrogen-bond acceptors (Lipinski definition) is 8. The highest BCUT2D eigenvalue weighted by Crippen LogP contribution is 2.40. The average molecular weight is 647 g/mol. The second-order valence-electron chi connectivity index (χ2n) is 14.5. The van der Waals surface area contributed by atoms with Crippen LogP contribution in [0, 0.1) is 0 Å². The molecule has 5 rings (SSSR count). The van der Waals surface area contributed by atoms with Gasteiger partial charge in [0.2, 0.25) is 0 Å². The lowest BCUT2D eigenvalue weighted by Gasteiger charge is -2.47. The van der Waals surface area contributed by atoms with Gasteiger partial charge in [0.25, 0.3) is 5.56 Å². The molecule has 3 aromatic rings.